The van der Waals surface area contributed by atoms with Crippen LogP contribution in [0.15, 0.2) is 0 Å². The average molecular weight is 332 g/mol. The topological polar surface area (TPSA) is 17.1 Å². The predicted octanol–water partition coefficient (Wildman–Crippen LogP) is 4.26. The predicted molar refractivity (Wildman–Crippen MR) is 58.1 cm³/mol. The molecule has 0 radical (unpaired) electrons. The van der Waals surface area contributed by atoms with Crippen LogP contribution in [0.4, 0.5) is 35.1 Å². The highest BCUT2D eigenvalue weighted by molar-refractivity contribution is 8.13. The molecular formula is C10H12F8OS. The minimum Gasteiger partial charge on any atom is -0.287 e. The van der Waals surface area contributed by atoms with Gasteiger partial charge in [0.1, 0.15) is 0 Å². The van der Waals surface area contributed by atoms with Crippen molar-refractivity contribution >= 4 is 16.9 Å². The molecule has 0 aliphatic carbocycles. The van der Waals surface area contributed by atoms with Crippen LogP contribution in [0.1, 0.15) is 19.8 Å². The quantitative estimate of drug-likeness (QED) is 0.618. The van der Waals surface area contributed by atoms with Gasteiger partial charge < -0.3 is 0 Å². The fourth-order valence-corrected chi connectivity index (χ4v) is 1.87. The monoisotopic (exact) mass is 332 g/mol. The third-order valence-electron chi connectivity index (χ3n) is 2.33. The van der Waals surface area contributed by atoms with Gasteiger partial charge in [-0.05, 0) is 6.42 Å². The van der Waals surface area contributed by atoms with Crippen molar-refractivity contribution in [2.24, 2.45) is 0 Å². The van der Waals surface area contributed by atoms with Crippen LogP contribution in [-0.4, -0.2) is 41.5 Å². The second-order valence-corrected chi connectivity index (χ2v) is 4.96. The Bertz CT molecular complexity index is 322. The molecule has 0 aromatic heterocycles. The molecule has 0 saturated heterocycles. The van der Waals surface area contributed by atoms with Crippen LogP contribution in [0.3, 0.4) is 0 Å². The summed E-state index contributed by atoms with van der Waals surface area (Å²) in [6, 6.07) is 0. The third-order valence-corrected chi connectivity index (χ3v) is 3.38. The van der Waals surface area contributed by atoms with Gasteiger partial charge in [0.2, 0.25) is 6.17 Å². The number of carbonyl (C=O) groups excluding carboxylic acids is 1. The first-order valence-corrected chi connectivity index (χ1v) is 6.44. The van der Waals surface area contributed by atoms with E-state index in [4.69, 9.17) is 0 Å². The van der Waals surface area contributed by atoms with Gasteiger partial charge in [-0.25, -0.2) is 17.6 Å². The lowest BCUT2D eigenvalue weighted by Crippen LogP contribution is -2.55. The maximum Gasteiger partial charge on any atom is 0.349 e. The molecule has 0 saturated carbocycles. The van der Waals surface area contributed by atoms with E-state index >= 15 is 0 Å². The minimum absolute atomic E-state index is 0.0338. The van der Waals surface area contributed by atoms with Gasteiger partial charge in [0.05, 0.1) is 0 Å². The zero-order valence-corrected chi connectivity index (χ0v) is 11.0. The van der Waals surface area contributed by atoms with E-state index in [1.165, 1.54) is 6.92 Å². The smallest absolute Gasteiger partial charge is 0.287 e. The number of alkyl halides is 8. The molecule has 0 heterocycles. The molecule has 10 heteroatoms. The Morgan fingerprint density at radius 1 is 1.05 bits per heavy atom. The first kappa shape index (κ1) is 19.5. The van der Waals surface area contributed by atoms with Crippen LogP contribution in [0.2, 0.25) is 0 Å². The molecule has 0 amide bonds. The first-order valence-electron chi connectivity index (χ1n) is 5.46. The van der Waals surface area contributed by atoms with Gasteiger partial charge in [0, 0.05) is 12.2 Å². The van der Waals surface area contributed by atoms with E-state index < -0.39 is 47.9 Å². The summed E-state index contributed by atoms with van der Waals surface area (Å²) >= 11 is 0.447. The molecule has 0 spiro atoms. The van der Waals surface area contributed by atoms with E-state index in [0.29, 0.717) is 11.8 Å². The normalized spacial score (nSPS) is 16.3. The van der Waals surface area contributed by atoms with E-state index in [0.717, 1.165) is 0 Å². The van der Waals surface area contributed by atoms with Gasteiger partial charge in [0.25, 0.3) is 6.43 Å². The van der Waals surface area contributed by atoms with Gasteiger partial charge in [-0.2, -0.15) is 17.6 Å². The summed E-state index contributed by atoms with van der Waals surface area (Å²) in [5.41, 5.74) is 0. The lowest BCUT2D eigenvalue weighted by Gasteiger charge is -2.30. The Labute approximate surface area is 114 Å². The maximum absolute atomic E-state index is 13.1. The summed E-state index contributed by atoms with van der Waals surface area (Å²) in [6.07, 6.45) is -13.5. The average Bonchev–Trinajstić information content (AvgIpc) is 2.36. The van der Waals surface area contributed by atoms with Crippen molar-refractivity contribution in [2.75, 3.05) is 5.75 Å². The van der Waals surface area contributed by atoms with Gasteiger partial charge in [-0.1, -0.05) is 18.7 Å². The number of hydrogen-bond donors (Lipinski definition) is 0. The number of halogens is 8. The zero-order valence-electron chi connectivity index (χ0n) is 10.2. The Balaban J connectivity index is 4.72. The molecule has 0 fully saturated rings. The molecule has 0 aromatic rings. The molecule has 0 N–H and O–H groups in total. The third kappa shape index (κ3) is 4.49. The number of thioether (sulfide) groups is 1. The molecule has 0 bridgehead atoms. The maximum atomic E-state index is 13.1. The molecular weight excluding hydrogens is 320 g/mol. The molecule has 20 heavy (non-hydrogen) atoms. The fourth-order valence-electron chi connectivity index (χ4n) is 1.11. The van der Waals surface area contributed by atoms with E-state index in [2.05, 4.69) is 0 Å². The standard InChI is InChI=1S/C10H12F8OS/c1-2-6(19)20-4-3-5(11)9(15,16)10(17,18)7(12)8(13)14/h5,7-8H,2-4H2,1H3. The van der Waals surface area contributed by atoms with Crippen molar-refractivity contribution in [3.05, 3.63) is 0 Å². The SMILES string of the molecule is CCC(=O)SCCC(F)C(F)(F)C(F)(F)C(F)C(F)F. The summed E-state index contributed by atoms with van der Waals surface area (Å²) in [5, 5.41) is -0.469. The zero-order chi connectivity index (χ0) is 16.1. The van der Waals surface area contributed by atoms with E-state index in [1.54, 1.807) is 0 Å². The second-order valence-electron chi connectivity index (χ2n) is 3.81. The molecule has 0 aliphatic rings. The number of carbonyl (C=O) groups is 1. The molecule has 1 nitrogen and oxygen atoms in total. The fraction of sp³-hybridized carbons (Fsp3) is 0.900. The summed E-state index contributed by atoms with van der Waals surface area (Å²) in [7, 11) is 0. The Hall–Kier alpha value is -0.540. The highest BCUT2D eigenvalue weighted by Gasteiger charge is 2.68. The van der Waals surface area contributed by atoms with Crippen LogP contribution in [0.25, 0.3) is 0 Å². The highest BCUT2D eigenvalue weighted by Crippen LogP contribution is 2.44. The lowest BCUT2D eigenvalue weighted by atomic mass is 10.0. The Morgan fingerprint density at radius 3 is 1.95 bits per heavy atom. The summed E-state index contributed by atoms with van der Waals surface area (Å²) < 4.78 is 101. The van der Waals surface area contributed by atoms with Gasteiger partial charge in [-0.3, -0.25) is 4.79 Å². The van der Waals surface area contributed by atoms with Crippen molar-refractivity contribution in [3.8, 4) is 0 Å². The highest BCUT2D eigenvalue weighted by atomic mass is 32.2. The van der Waals surface area contributed by atoms with Crippen LogP contribution >= 0.6 is 11.8 Å². The first-order chi connectivity index (χ1) is 8.98. The van der Waals surface area contributed by atoms with Crippen LogP contribution in [0.5, 0.6) is 0 Å². The summed E-state index contributed by atoms with van der Waals surface area (Å²) in [6.45, 7) is 1.45. The molecule has 0 rings (SSSR count). The molecule has 0 aromatic carbocycles. The minimum atomic E-state index is -5.83. The molecule has 120 valence electrons. The van der Waals surface area contributed by atoms with Crippen molar-refractivity contribution in [1.29, 1.82) is 0 Å². The summed E-state index contributed by atoms with van der Waals surface area (Å²) in [4.78, 5) is 10.8. The number of hydrogen-bond acceptors (Lipinski definition) is 2. The molecule has 2 unspecified atom stereocenters. The van der Waals surface area contributed by atoms with Crippen LogP contribution in [-0.2, 0) is 4.79 Å². The van der Waals surface area contributed by atoms with Gasteiger partial charge >= 0.3 is 11.8 Å². The molecule has 0 aliphatic heterocycles. The van der Waals surface area contributed by atoms with Crippen molar-refractivity contribution < 1.29 is 39.9 Å². The summed E-state index contributed by atoms with van der Waals surface area (Å²) in [5.74, 6) is -12.0. The van der Waals surface area contributed by atoms with Crippen molar-refractivity contribution in [1.82, 2.24) is 0 Å². The van der Waals surface area contributed by atoms with Crippen LogP contribution < -0.4 is 0 Å². The Morgan fingerprint density at radius 2 is 1.55 bits per heavy atom. The van der Waals surface area contributed by atoms with E-state index in [1.807, 2.05) is 0 Å². The van der Waals surface area contributed by atoms with Crippen LogP contribution in [0, 0.1) is 0 Å². The second kappa shape index (κ2) is 7.46. The van der Waals surface area contributed by atoms with Gasteiger partial charge in [-0.15, -0.1) is 0 Å². The van der Waals surface area contributed by atoms with Crippen molar-refractivity contribution in [3.63, 3.8) is 0 Å². The van der Waals surface area contributed by atoms with Gasteiger partial charge in [0.15, 0.2) is 11.3 Å². The van der Waals surface area contributed by atoms with Crippen molar-refractivity contribution in [2.45, 2.75) is 50.4 Å². The Kier molecular flexibility index (Phi) is 7.26. The van der Waals surface area contributed by atoms with E-state index in [9.17, 15) is 39.9 Å². The lowest BCUT2D eigenvalue weighted by molar-refractivity contribution is -0.278. The largest absolute Gasteiger partial charge is 0.349 e. The number of rotatable bonds is 8. The molecule has 2 atom stereocenters. The van der Waals surface area contributed by atoms with E-state index in [-0.39, 0.29) is 6.42 Å².